The van der Waals surface area contributed by atoms with Gasteiger partial charge in [-0.25, -0.2) is 4.98 Å². The van der Waals surface area contributed by atoms with Crippen LogP contribution in [0.5, 0.6) is 0 Å². The predicted octanol–water partition coefficient (Wildman–Crippen LogP) is 1.77. The molecule has 0 saturated heterocycles. The van der Waals surface area contributed by atoms with Gasteiger partial charge in [0, 0.05) is 27.2 Å². The maximum atomic E-state index is 4.22. The molecule has 4 nitrogen and oxygen atoms in total. The minimum atomic E-state index is 0.681. The number of hydrogen-bond donors (Lipinski definition) is 3. The molecule has 1 rings (SSSR count). The SMILES string of the molecule is CNc1[c]c(Br)nc(NC)c1NC. The van der Waals surface area contributed by atoms with Crippen LogP contribution in [0.3, 0.4) is 0 Å². The summed E-state index contributed by atoms with van der Waals surface area (Å²) >= 11 is 3.28. The molecule has 0 amide bonds. The Morgan fingerprint density at radius 1 is 1.15 bits per heavy atom. The smallest absolute Gasteiger partial charge is 0.152 e. The molecule has 1 radical (unpaired) electrons. The molecule has 71 valence electrons. The lowest BCUT2D eigenvalue weighted by molar-refractivity contribution is 1.23. The van der Waals surface area contributed by atoms with Gasteiger partial charge in [-0.15, -0.1) is 0 Å². The fraction of sp³-hybridized carbons (Fsp3) is 0.375. The normalized spacial score (nSPS) is 9.54. The van der Waals surface area contributed by atoms with Crippen molar-refractivity contribution in [2.24, 2.45) is 0 Å². The molecule has 13 heavy (non-hydrogen) atoms. The zero-order chi connectivity index (χ0) is 9.84. The zero-order valence-corrected chi connectivity index (χ0v) is 9.41. The highest BCUT2D eigenvalue weighted by Crippen LogP contribution is 2.29. The monoisotopic (exact) mass is 243 g/mol. The van der Waals surface area contributed by atoms with Crippen molar-refractivity contribution < 1.29 is 0 Å². The molecular formula is C8H12BrN4. The van der Waals surface area contributed by atoms with Crippen molar-refractivity contribution in [3.63, 3.8) is 0 Å². The largest absolute Gasteiger partial charge is 0.386 e. The van der Waals surface area contributed by atoms with E-state index in [0.29, 0.717) is 4.60 Å². The summed E-state index contributed by atoms with van der Waals surface area (Å²) in [5.41, 5.74) is 1.79. The van der Waals surface area contributed by atoms with Crippen LogP contribution in [-0.4, -0.2) is 26.1 Å². The zero-order valence-electron chi connectivity index (χ0n) is 7.83. The van der Waals surface area contributed by atoms with Crippen molar-refractivity contribution in [2.45, 2.75) is 0 Å². The fourth-order valence-corrected chi connectivity index (χ4v) is 1.45. The highest BCUT2D eigenvalue weighted by atomic mass is 79.9. The van der Waals surface area contributed by atoms with Gasteiger partial charge in [-0.3, -0.25) is 0 Å². The van der Waals surface area contributed by atoms with E-state index in [1.54, 1.807) is 0 Å². The molecule has 0 aromatic carbocycles. The predicted molar refractivity (Wildman–Crippen MR) is 59.4 cm³/mol. The summed E-state index contributed by atoms with van der Waals surface area (Å²) in [6.07, 6.45) is 0. The topological polar surface area (TPSA) is 49.0 Å². The number of pyridine rings is 1. The Kier molecular flexibility index (Phi) is 3.36. The van der Waals surface area contributed by atoms with Gasteiger partial charge in [-0.05, 0) is 15.9 Å². The van der Waals surface area contributed by atoms with Gasteiger partial charge in [0.05, 0.1) is 5.69 Å². The molecule has 5 heteroatoms. The third kappa shape index (κ3) is 2.03. The molecule has 0 bridgehead atoms. The number of anilines is 3. The molecule has 0 aliphatic heterocycles. The quantitative estimate of drug-likeness (QED) is 0.709. The number of halogens is 1. The number of hydrogen-bond acceptors (Lipinski definition) is 4. The number of aromatic nitrogens is 1. The van der Waals surface area contributed by atoms with E-state index in [1.165, 1.54) is 0 Å². The van der Waals surface area contributed by atoms with Crippen LogP contribution in [0.4, 0.5) is 17.2 Å². The van der Waals surface area contributed by atoms with E-state index in [0.717, 1.165) is 17.2 Å². The first-order valence-corrected chi connectivity index (χ1v) is 4.68. The summed E-state index contributed by atoms with van der Waals surface area (Å²) in [5.74, 6) is 0.789. The summed E-state index contributed by atoms with van der Waals surface area (Å²) in [4.78, 5) is 4.22. The van der Waals surface area contributed by atoms with Gasteiger partial charge in [0.25, 0.3) is 0 Å². The van der Waals surface area contributed by atoms with Crippen molar-refractivity contribution in [3.8, 4) is 0 Å². The Morgan fingerprint density at radius 3 is 2.31 bits per heavy atom. The Bertz CT molecular complexity index is 275. The minimum Gasteiger partial charge on any atom is -0.386 e. The lowest BCUT2D eigenvalue weighted by atomic mass is 10.3. The summed E-state index contributed by atoms with van der Waals surface area (Å²) in [6.45, 7) is 0. The summed E-state index contributed by atoms with van der Waals surface area (Å²) in [5, 5.41) is 9.09. The fourth-order valence-electron chi connectivity index (χ4n) is 1.08. The van der Waals surface area contributed by atoms with Gasteiger partial charge >= 0.3 is 0 Å². The molecule has 0 fully saturated rings. The first kappa shape index (κ1) is 10.1. The number of rotatable bonds is 3. The first-order valence-electron chi connectivity index (χ1n) is 3.89. The second-order valence-corrected chi connectivity index (χ2v) is 3.13. The Labute approximate surface area is 86.3 Å². The summed E-state index contributed by atoms with van der Waals surface area (Å²) < 4.78 is 0.681. The lowest BCUT2D eigenvalue weighted by Gasteiger charge is -2.12. The van der Waals surface area contributed by atoms with Crippen molar-refractivity contribution in [3.05, 3.63) is 10.7 Å². The van der Waals surface area contributed by atoms with E-state index in [4.69, 9.17) is 0 Å². The maximum Gasteiger partial charge on any atom is 0.152 e. The molecule has 0 atom stereocenters. The van der Waals surface area contributed by atoms with Crippen LogP contribution >= 0.6 is 15.9 Å². The highest BCUT2D eigenvalue weighted by Gasteiger charge is 2.08. The molecule has 1 aromatic rings. The Balaban J connectivity index is 3.25. The number of nitrogens with zero attached hydrogens (tertiary/aromatic N) is 1. The molecular weight excluding hydrogens is 232 g/mol. The lowest BCUT2D eigenvalue weighted by Crippen LogP contribution is -2.04. The minimum absolute atomic E-state index is 0.681. The average molecular weight is 244 g/mol. The van der Waals surface area contributed by atoms with Crippen molar-refractivity contribution in [1.29, 1.82) is 0 Å². The van der Waals surface area contributed by atoms with Gasteiger partial charge in [0.2, 0.25) is 0 Å². The van der Waals surface area contributed by atoms with Gasteiger partial charge in [-0.1, -0.05) is 0 Å². The summed E-state index contributed by atoms with van der Waals surface area (Å²) in [6, 6.07) is 3.04. The molecule has 0 aliphatic carbocycles. The summed E-state index contributed by atoms with van der Waals surface area (Å²) in [7, 11) is 5.52. The third-order valence-electron chi connectivity index (χ3n) is 1.66. The molecule has 0 saturated carbocycles. The van der Waals surface area contributed by atoms with E-state index in [9.17, 15) is 0 Å². The molecule has 0 aliphatic rings. The second kappa shape index (κ2) is 4.32. The van der Waals surface area contributed by atoms with Crippen LogP contribution in [0, 0.1) is 6.07 Å². The van der Waals surface area contributed by atoms with E-state index in [2.05, 4.69) is 42.9 Å². The van der Waals surface area contributed by atoms with Crippen LogP contribution in [0.25, 0.3) is 0 Å². The van der Waals surface area contributed by atoms with Crippen molar-refractivity contribution in [1.82, 2.24) is 4.98 Å². The molecule has 1 heterocycles. The van der Waals surface area contributed by atoms with Crippen LogP contribution < -0.4 is 16.0 Å². The molecule has 0 spiro atoms. The molecule has 0 unspecified atom stereocenters. The second-order valence-electron chi connectivity index (χ2n) is 2.38. The van der Waals surface area contributed by atoms with Gasteiger partial charge < -0.3 is 16.0 Å². The van der Waals surface area contributed by atoms with Gasteiger partial charge in [-0.2, -0.15) is 0 Å². The third-order valence-corrected chi connectivity index (χ3v) is 2.04. The standard InChI is InChI=1S/C8H12BrN4/c1-10-5-4-6(9)13-8(12-3)7(5)11-2/h11H,1-3H3,(H2,10,12,13). The maximum absolute atomic E-state index is 4.22. The highest BCUT2D eigenvalue weighted by molar-refractivity contribution is 9.10. The van der Waals surface area contributed by atoms with Gasteiger partial charge in [0.1, 0.15) is 10.3 Å². The Morgan fingerprint density at radius 2 is 1.85 bits per heavy atom. The van der Waals surface area contributed by atoms with Gasteiger partial charge in [0.15, 0.2) is 5.82 Å². The Hall–Kier alpha value is -0.970. The molecule has 1 aromatic heterocycles. The van der Waals surface area contributed by atoms with E-state index in [-0.39, 0.29) is 0 Å². The molecule has 3 N–H and O–H groups in total. The first-order chi connectivity index (χ1) is 6.22. The van der Waals surface area contributed by atoms with E-state index >= 15 is 0 Å². The van der Waals surface area contributed by atoms with E-state index in [1.807, 2.05) is 21.1 Å². The van der Waals surface area contributed by atoms with Crippen LogP contribution in [0.1, 0.15) is 0 Å². The number of nitrogens with one attached hydrogen (secondary N) is 3. The van der Waals surface area contributed by atoms with E-state index < -0.39 is 0 Å². The van der Waals surface area contributed by atoms with Crippen LogP contribution in [0.2, 0.25) is 0 Å². The van der Waals surface area contributed by atoms with Crippen molar-refractivity contribution >= 4 is 33.1 Å². The van der Waals surface area contributed by atoms with Crippen LogP contribution in [0.15, 0.2) is 4.60 Å². The van der Waals surface area contributed by atoms with Crippen LogP contribution in [-0.2, 0) is 0 Å². The van der Waals surface area contributed by atoms with Crippen molar-refractivity contribution in [2.75, 3.05) is 37.1 Å². The average Bonchev–Trinajstić information content (AvgIpc) is 2.16.